The normalized spacial score (nSPS) is 14.2. The molecule has 0 atom stereocenters. The Kier molecular flexibility index (Phi) is 4.79. The van der Waals surface area contributed by atoms with Crippen molar-refractivity contribution in [2.75, 3.05) is 5.32 Å². The fourth-order valence-corrected chi connectivity index (χ4v) is 3.32. The van der Waals surface area contributed by atoms with Crippen LogP contribution in [0.5, 0.6) is 0 Å². The molecule has 0 radical (unpaired) electrons. The number of hydrogen-bond donors (Lipinski definition) is 2. The van der Waals surface area contributed by atoms with E-state index in [1.54, 1.807) is 0 Å². The molecule has 126 valence electrons. The van der Waals surface area contributed by atoms with Gasteiger partial charge >= 0.3 is 0 Å². The number of aromatic nitrogens is 2. The summed E-state index contributed by atoms with van der Waals surface area (Å²) in [5.41, 5.74) is 4.73. The summed E-state index contributed by atoms with van der Waals surface area (Å²) in [5, 5.41) is 9.95. The van der Waals surface area contributed by atoms with Gasteiger partial charge in [-0.1, -0.05) is 32.0 Å². The van der Waals surface area contributed by atoms with Crippen molar-refractivity contribution in [3.05, 3.63) is 46.3 Å². The molecule has 3 rings (SSSR count). The van der Waals surface area contributed by atoms with E-state index in [9.17, 15) is 9.59 Å². The quantitative estimate of drug-likeness (QED) is 0.842. The second-order valence-corrected chi connectivity index (χ2v) is 6.17. The highest BCUT2D eigenvalue weighted by Crippen LogP contribution is 2.26. The summed E-state index contributed by atoms with van der Waals surface area (Å²) in [7, 11) is 0. The van der Waals surface area contributed by atoms with Gasteiger partial charge in [-0.2, -0.15) is 5.10 Å². The van der Waals surface area contributed by atoms with Crippen LogP contribution in [-0.2, 0) is 19.3 Å². The first-order valence-electron chi connectivity index (χ1n) is 8.68. The van der Waals surface area contributed by atoms with E-state index >= 15 is 0 Å². The monoisotopic (exact) mass is 325 g/mol. The summed E-state index contributed by atoms with van der Waals surface area (Å²) >= 11 is 0. The summed E-state index contributed by atoms with van der Waals surface area (Å²) in [6, 6.07) is 6.08. The number of anilines is 1. The van der Waals surface area contributed by atoms with Crippen LogP contribution in [0.3, 0.4) is 0 Å². The highest BCUT2D eigenvalue weighted by atomic mass is 16.2. The van der Waals surface area contributed by atoms with E-state index < -0.39 is 0 Å². The maximum absolute atomic E-state index is 12.8. The number of aryl methyl sites for hydroxylation is 2. The number of carbonyl (C=O) groups excluding carboxylic acids is 2. The lowest BCUT2D eigenvalue weighted by atomic mass is 10.0. The van der Waals surface area contributed by atoms with Crippen LogP contribution in [0.4, 0.5) is 5.69 Å². The molecular formula is C19H23N3O2. The number of H-pyrrole nitrogens is 1. The van der Waals surface area contributed by atoms with Crippen LogP contribution in [0.15, 0.2) is 18.2 Å². The Morgan fingerprint density at radius 3 is 2.50 bits per heavy atom. The maximum Gasteiger partial charge on any atom is 0.276 e. The molecule has 0 aliphatic heterocycles. The van der Waals surface area contributed by atoms with Gasteiger partial charge in [0.2, 0.25) is 0 Å². The van der Waals surface area contributed by atoms with Gasteiger partial charge in [0.25, 0.3) is 5.91 Å². The van der Waals surface area contributed by atoms with Crippen LogP contribution in [-0.4, -0.2) is 21.9 Å². The van der Waals surface area contributed by atoms with Crippen molar-refractivity contribution in [1.29, 1.82) is 0 Å². The fraction of sp³-hybridized carbons (Fsp3) is 0.421. The summed E-state index contributed by atoms with van der Waals surface area (Å²) in [5.74, 6) is -0.185. The summed E-state index contributed by atoms with van der Waals surface area (Å²) in [4.78, 5) is 24.9. The number of benzene rings is 1. The molecule has 1 aliphatic rings. The number of aromatic amines is 1. The molecule has 0 saturated heterocycles. The van der Waals surface area contributed by atoms with Crippen LogP contribution in [0.25, 0.3) is 0 Å². The minimum absolute atomic E-state index is 0.0530. The van der Waals surface area contributed by atoms with E-state index in [0.717, 1.165) is 54.5 Å². The van der Waals surface area contributed by atoms with E-state index in [4.69, 9.17) is 0 Å². The number of amides is 1. The Morgan fingerprint density at radius 2 is 1.83 bits per heavy atom. The van der Waals surface area contributed by atoms with Crippen LogP contribution in [0, 0.1) is 0 Å². The lowest BCUT2D eigenvalue weighted by Gasteiger charge is -2.14. The molecule has 2 N–H and O–H groups in total. The van der Waals surface area contributed by atoms with E-state index in [2.05, 4.69) is 29.4 Å². The Bertz CT molecular complexity index is 755. The third-order valence-electron chi connectivity index (χ3n) is 4.68. The number of Topliss-reactive ketones (excluding diaryl/α,β-unsaturated/α-hetero) is 1. The average molecular weight is 325 g/mol. The Labute approximate surface area is 141 Å². The summed E-state index contributed by atoms with van der Waals surface area (Å²) < 4.78 is 0. The van der Waals surface area contributed by atoms with Crippen LogP contribution >= 0.6 is 0 Å². The maximum atomic E-state index is 12.8. The van der Waals surface area contributed by atoms with Crippen LogP contribution in [0.1, 0.15) is 70.8 Å². The summed E-state index contributed by atoms with van der Waals surface area (Å²) in [6.07, 6.45) is 4.71. The number of nitrogens with one attached hydrogen (secondary N) is 2. The largest absolute Gasteiger partial charge is 0.320 e. The number of fused-ring (bicyclic) bond motifs is 1. The zero-order valence-corrected chi connectivity index (χ0v) is 14.2. The van der Waals surface area contributed by atoms with Gasteiger partial charge in [-0.05, 0) is 43.2 Å². The molecule has 1 aliphatic carbocycles. The standard InChI is InChI=1S/C19H23N3O2/c1-3-12-8-7-9-13(4-2)16(12)20-19(24)18-14-10-5-6-11-15(23)17(14)21-22-18/h7-9H,3-6,10-11H2,1-2H3,(H,20,24)(H,21,22). The fourth-order valence-electron chi connectivity index (χ4n) is 3.32. The van der Waals surface area contributed by atoms with Crippen LogP contribution in [0.2, 0.25) is 0 Å². The van der Waals surface area contributed by atoms with Crippen LogP contribution < -0.4 is 5.32 Å². The minimum atomic E-state index is -0.238. The van der Waals surface area contributed by atoms with Crippen molar-refractivity contribution >= 4 is 17.4 Å². The topological polar surface area (TPSA) is 74.8 Å². The van der Waals surface area contributed by atoms with Gasteiger partial charge in [0.15, 0.2) is 11.5 Å². The molecule has 1 amide bonds. The number of hydrogen-bond acceptors (Lipinski definition) is 3. The van der Waals surface area contributed by atoms with E-state index in [1.807, 2.05) is 18.2 Å². The molecule has 1 heterocycles. The predicted molar refractivity (Wildman–Crippen MR) is 93.6 cm³/mol. The lowest BCUT2D eigenvalue weighted by Crippen LogP contribution is -2.17. The third-order valence-corrected chi connectivity index (χ3v) is 4.68. The predicted octanol–water partition coefficient (Wildman–Crippen LogP) is 3.70. The first kappa shape index (κ1) is 16.4. The molecule has 1 aromatic heterocycles. The number of rotatable bonds is 4. The first-order valence-corrected chi connectivity index (χ1v) is 8.68. The molecule has 0 unspecified atom stereocenters. The molecule has 5 heteroatoms. The van der Waals surface area contributed by atoms with Crippen molar-refractivity contribution in [3.63, 3.8) is 0 Å². The van der Waals surface area contributed by atoms with Gasteiger partial charge in [0, 0.05) is 17.7 Å². The number of carbonyl (C=O) groups is 2. The molecule has 1 aromatic carbocycles. The molecule has 24 heavy (non-hydrogen) atoms. The van der Waals surface area contributed by atoms with Gasteiger partial charge in [-0.25, -0.2) is 0 Å². The highest BCUT2D eigenvalue weighted by Gasteiger charge is 2.25. The smallest absolute Gasteiger partial charge is 0.276 e. The van der Waals surface area contributed by atoms with E-state index in [-0.39, 0.29) is 11.7 Å². The molecule has 0 bridgehead atoms. The Hall–Kier alpha value is -2.43. The SMILES string of the molecule is CCc1cccc(CC)c1NC(=O)c1n[nH]c2c1CCCCC2=O. The van der Waals surface area contributed by atoms with Gasteiger partial charge in [-0.3, -0.25) is 14.7 Å². The van der Waals surface area contributed by atoms with Gasteiger partial charge in [-0.15, -0.1) is 0 Å². The second kappa shape index (κ2) is 6.99. The Balaban J connectivity index is 1.93. The number of para-hydroxylation sites is 1. The third kappa shape index (κ3) is 2.98. The average Bonchev–Trinajstić information content (AvgIpc) is 2.94. The summed E-state index contributed by atoms with van der Waals surface area (Å²) in [6.45, 7) is 4.15. The minimum Gasteiger partial charge on any atom is -0.320 e. The van der Waals surface area contributed by atoms with Crippen molar-refractivity contribution in [1.82, 2.24) is 10.2 Å². The molecular weight excluding hydrogens is 302 g/mol. The van der Waals surface area contributed by atoms with Crippen molar-refractivity contribution in [2.45, 2.75) is 52.4 Å². The number of ketones is 1. The van der Waals surface area contributed by atoms with Gasteiger partial charge in [0.05, 0.1) is 0 Å². The molecule has 0 spiro atoms. The van der Waals surface area contributed by atoms with E-state index in [0.29, 0.717) is 17.8 Å². The van der Waals surface area contributed by atoms with Crippen molar-refractivity contribution < 1.29 is 9.59 Å². The first-order chi connectivity index (χ1) is 11.7. The molecule has 0 fully saturated rings. The zero-order valence-electron chi connectivity index (χ0n) is 14.2. The van der Waals surface area contributed by atoms with E-state index in [1.165, 1.54) is 0 Å². The highest BCUT2D eigenvalue weighted by molar-refractivity contribution is 6.07. The van der Waals surface area contributed by atoms with Gasteiger partial charge in [0.1, 0.15) is 5.69 Å². The Morgan fingerprint density at radius 1 is 1.17 bits per heavy atom. The zero-order chi connectivity index (χ0) is 17.1. The lowest BCUT2D eigenvalue weighted by molar-refractivity contribution is 0.0976. The number of nitrogens with zero attached hydrogens (tertiary/aromatic N) is 1. The van der Waals surface area contributed by atoms with Gasteiger partial charge < -0.3 is 5.32 Å². The van der Waals surface area contributed by atoms with Crippen molar-refractivity contribution in [3.8, 4) is 0 Å². The second-order valence-electron chi connectivity index (χ2n) is 6.17. The molecule has 0 saturated carbocycles. The molecule has 5 nitrogen and oxygen atoms in total. The van der Waals surface area contributed by atoms with Crippen molar-refractivity contribution in [2.24, 2.45) is 0 Å². The molecule has 2 aromatic rings.